The Hall–Kier alpha value is -4.34. The largest absolute Gasteiger partial charge is 0.461 e. The molecular weight excluding hydrogens is 669 g/mol. The van der Waals surface area contributed by atoms with E-state index in [1.807, 2.05) is 26.8 Å². The van der Waals surface area contributed by atoms with Crippen molar-refractivity contribution in [1.29, 1.82) is 5.26 Å². The van der Waals surface area contributed by atoms with Crippen LogP contribution >= 0.6 is 11.3 Å². The second-order valence-corrected chi connectivity index (χ2v) is 15.6. The molecule has 0 saturated carbocycles. The van der Waals surface area contributed by atoms with Crippen LogP contribution in [-0.2, 0) is 4.79 Å². The van der Waals surface area contributed by atoms with Crippen LogP contribution in [0.1, 0.15) is 69.9 Å². The van der Waals surface area contributed by atoms with Gasteiger partial charge in [-0.15, -0.1) is 11.3 Å². The molecular formula is C39H45F2N7O2S. The number of halogens is 2. The minimum absolute atomic E-state index is 0.0118. The van der Waals surface area contributed by atoms with E-state index < -0.39 is 11.6 Å². The molecule has 0 radical (unpaired) electrons. The van der Waals surface area contributed by atoms with Crippen LogP contribution in [0, 0.1) is 29.9 Å². The molecule has 9 nitrogen and oxygen atoms in total. The summed E-state index contributed by atoms with van der Waals surface area (Å²) in [6.07, 6.45) is 8.27. The number of amides is 1. The van der Waals surface area contributed by atoms with Gasteiger partial charge in [0.1, 0.15) is 34.8 Å². The Balaban J connectivity index is 1.39. The van der Waals surface area contributed by atoms with Gasteiger partial charge in [-0.1, -0.05) is 12.6 Å². The number of rotatable bonds is 9. The van der Waals surface area contributed by atoms with E-state index in [0.717, 1.165) is 69.4 Å². The second kappa shape index (κ2) is 14.0. The normalized spacial score (nSPS) is 18.9. The van der Waals surface area contributed by atoms with Crippen molar-refractivity contribution in [3.63, 3.8) is 0 Å². The molecule has 12 heteroatoms. The van der Waals surface area contributed by atoms with Crippen LogP contribution in [0.4, 0.5) is 19.6 Å². The molecule has 4 aromatic rings. The number of benzene rings is 2. The Kier molecular flexibility index (Phi) is 9.63. The number of anilines is 2. The summed E-state index contributed by atoms with van der Waals surface area (Å²) in [6.45, 7) is 13.1. The van der Waals surface area contributed by atoms with Gasteiger partial charge in [0.25, 0.3) is 0 Å². The lowest BCUT2D eigenvalue weighted by Crippen LogP contribution is -2.44. The number of nitriles is 1. The third kappa shape index (κ3) is 6.29. The SMILES string of the molecule is C=CC(=O)N(C)C1CCCCN(c2nc(OCC34CCCN3CCC4)nc3c(F)c(-c4ccc(F)c5sc(NC(C)C)c(C#N)c45)c(C)cc23)C1. The van der Waals surface area contributed by atoms with Gasteiger partial charge in [0.05, 0.1) is 15.8 Å². The van der Waals surface area contributed by atoms with Gasteiger partial charge < -0.3 is 19.9 Å². The van der Waals surface area contributed by atoms with Crippen molar-refractivity contribution < 1.29 is 18.3 Å². The van der Waals surface area contributed by atoms with E-state index in [1.54, 1.807) is 18.0 Å². The standard InChI is InChI=1S/C39H45F2N7O2S/c1-6-30(49)46(5)25-11-7-8-16-47(21-25)36-27-19-24(4)31(26-12-13-29(40)35-32(26)28(20-42)37(51-35)43-23(2)3)33(41)34(27)44-38(45-36)50-22-39-14-9-17-48(39)18-10-15-39/h6,12-13,19,23,25,43H,1,7-11,14-18,21-22H2,2-5H3. The molecule has 5 heterocycles. The monoisotopic (exact) mass is 713 g/mol. The van der Waals surface area contributed by atoms with E-state index >= 15 is 8.78 Å². The minimum Gasteiger partial charge on any atom is -0.461 e. The van der Waals surface area contributed by atoms with E-state index in [0.29, 0.717) is 57.1 Å². The van der Waals surface area contributed by atoms with Gasteiger partial charge in [-0.05, 0) is 108 Å². The predicted octanol–water partition coefficient (Wildman–Crippen LogP) is 7.80. The third-order valence-corrected chi connectivity index (χ3v) is 12.1. The molecule has 0 aliphatic carbocycles. The van der Waals surface area contributed by atoms with Crippen LogP contribution in [0.5, 0.6) is 6.01 Å². The van der Waals surface area contributed by atoms with Gasteiger partial charge in [-0.25, -0.2) is 8.78 Å². The number of likely N-dealkylation sites (N-methyl/N-ethyl adjacent to an activating group) is 1. The van der Waals surface area contributed by atoms with E-state index in [2.05, 4.69) is 27.8 Å². The highest BCUT2D eigenvalue weighted by Crippen LogP contribution is 2.46. The number of carbonyl (C=O) groups excluding carboxylic acids is 1. The van der Waals surface area contributed by atoms with Crippen molar-refractivity contribution >= 4 is 49.1 Å². The summed E-state index contributed by atoms with van der Waals surface area (Å²) in [5.41, 5.74) is 1.62. The number of ether oxygens (including phenoxy) is 1. The minimum atomic E-state index is -0.577. The molecule has 3 fully saturated rings. The first-order valence-corrected chi connectivity index (χ1v) is 18.8. The summed E-state index contributed by atoms with van der Waals surface area (Å²) >= 11 is 1.16. The number of aromatic nitrogens is 2. The second-order valence-electron chi connectivity index (χ2n) is 14.6. The van der Waals surface area contributed by atoms with Crippen molar-refractivity contribution in [3.05, 3.63) is 53.6 Å². The summed E-state index contributed by atoms with van der Waals surface area (Å²) in [7, 11) is 1.79. The van der Waals surface area contributed by atoms with Gasteiger partial charge in [0.2, 0.25) is 5.91 Å². The Morgan fingerprint density at radius 1 is 1.22 bits per heavy atom. The van der Waals surface area contributed by atoms with Crippen molar-refractivity contribution in [2.24, 2.45) is 0 Å². The quantitative estimate of drug-likeness (QED) is 0.176. The maximum absolute atomic E-state index is 17.4. The summed E-state index contributed by atoms with van der Waals surface area (Å²) in [5, 5.41) is 15.0. The molecule has 2 aromatic carbocycles. The average molecular weight is 714 g/mol. The molecule has 1 N–H and O–H groups in total. The van der Waals surface area contributed by atoms with Gasteiger partial charge in [0.15, 0.2) is 5.82 Å². The highest BCUT2D eigenvalue weighted by atomic mass is 32.1. The molecule has 7 rings (SSSR count). The third-order valence-electron chi connectivity index (χ3n) is 11.0. The number of aryl methyl sites for hydroxylation is 1. The lowest BCUT2D eigenvalue weighted by molar-refractivity contribution is -0.126. The molecule has 51 heavy (non-hydrogen) atoms. The number of carbonyl (C=O) groups is 1. The lowest BCUT2D eigenvalue weighted by Gasteiger charge is -2.32. The zero-order chi connectivity index (χ0) is 36.0. The number of nitrogens with one attached hydrogen (secondary N) is 1. The first-order chi connectivity index (χ1) is 24.5. The molecule has 3 aliphatic heterocycles. The molecule has 1 atom stereocenters. The first-order valence-electron chi connectivity index (χ1n) is 18.0. The van der Waals surface area contributed by atoms with Crippen molar-refractivity contribution in [2.75, 3.05) is 50.1 Å². The number of fused-ring (bicyclic) bond motifs is 3. The molecule has 2 aromatic heterocycles. The fraction of sp³-hybridized carbons (Fsp3) is 0.487. The average Bonchev–Trinajstić information content (AvgIpc) is 3.74. The molecule has 1 amide bonds. The number of hydrogen-bond acceptors (Lipinski definition) is 9. The van der Waals surface area contributed by atoms with E-state index in [1.165, 1.54) is 12.1 Å². The number of nitrogens with zero attached hydrogens (tertiary/aromatic N) is 6. The van der Waals surface area contributed by atoms with Crippen LogP contribution in [0.25, 0.3) is 32.1 Å². The van der Waals surface area contributed by atoms with E-state index in [-0.39, 0.29) is 46.2 Å². The van der Waals surface area contributed by atoms with Gasteiger partial charge in [-0.2, -0.15) is 15.2 Å². The molecule has 268 valence electrons. The lowest BCUT2D eigenvalue weighted by atomic mass is 9.93. The summed E-state index contributed by atoms with van der Waals surface area (Å²) in [5.74, 6) is -0.631. The highest BCUT2D eigenvalue weighted by Gasteiger charge is 2.45. The van der Waals surface area contributed by atoms with Gasteiger partial charge >= 0.3 is 6.01 Å². The maximum atomic E-state index is 17.4. The smallest absolute Gasteiger partial charge is 0.319 e. The Labute approximate surface area is 301 Å². The maximum Gasteiger partial charge on any atom is 0.319 e. The van der Waals surface area contributed by atoms with E-state index in [4.69, 9.17) is 14.7 Å². The number of thiophene rings is 1. The molecule has 1 unspecified atom stereocenters. The van der Waals surface area contributed by atoms with Crippen LogP contribution < -0.4 is 15.0 Å². The predicted molar refractivity (Wildman–Crippen MR) is 200 cm³/mol. The van der Waals surface area contributed by atoms with Crippen LogP contribution in [0.15, 0.2) is 30.9 Å². The highest BCUT2D eigenvalue weighted by molar-refractivity contribution is 7.23. The summed E-state index contributed by atoms with van der Waals surface area (Å²) < 4.78 is 39.5. The molecule has 0 bridgehead atoms. The molecule has 0 spiro atoms. The van der Waals surface area contributed by atoms with Gasteiger partial charge in [0, 0.05) is 48.6 Å². The topological polar surface area (TPSA) is 97.6 Å². The fourth-order valence-electron chi connectivity index (χ4n) is 8.42. The Morgan fingerprint density at radius 3 is 2.69 bits per heavy atom. The first kappa shape index (κ1) is 35.1. The van der Waals surface area contributed by atoms with Crippen molar-refractivity contribution in [1.82, 2.24) is 19.8 Å². The molecule has 3 aliphatic rings. The fourth-order valence-corrected chi connectivity index (χ4v) is 9.64. The molecule has 3 saturated heterocycles. The van der Waals surface area contributed by atoms with Crippen LogP contribution in [-0.4, -0.2) is 83.1 Å². The Morgan fingerprint density at radius 2 is 1.98 bits per heavy atom. The number of hydrogen-bond donors (Lipinski definition) is 1. The van der Waals surface area contributed by atoms with Crippen LogP contribution in [0.3, 0.4) is 0 Å². The van der Waals surface area contributed by atoms with Crippen molar-refractivity contribution in [2.45, 2.75) is 83.3 Å². The zero-order valence-electron chi connectivity index (χ0n) is 29.8. The van der Waals surface area contributed by atoms with E-state index in [9.17, 15) is 10.1 Å². The van der Waals surface area contributed by atoms with Crippen LogP contribution in [0.2, 0.25) is 0 Å². The van der Waals surface area contributed by atoms with Crippen molar-refractivity contribution in [3.8, 4) is 23.2 Å². The summed E-state index contributed by atoms with van der Waals surface area (Å²) in [6, 6.07) is 7.07. The summed E-state index contributed by atoms with van der Waals surface area (Å²) in [4.78, 5) is 28.7. The Bertz CT molecular complexity index is 2050. The zero-order valence-corrected chi connectivity index (χ0v) is 30.6. The van der Waals surface area contributed by atoms with Gasteiger partial charge in [-0.3, -0.25) is 9.69 Å².